The number of hydrogen-bond acceptors (Lipinski definition) is 3. The molecule has 0 aliphatic heterocycles. The first-order valence-electron chi connectivity index (χ1n) is 5.15. The van der Waals surface area contributed by atoms with Crippen LogP contribution in [0.15, 0.2) is 29.0 Å². The van der Waals surface area contributed by atoms with E-state index in [1.807, 2.05) is 13.0 Å². The smallest absolute Gasteiger partial charge is 0.166 e. The second-order valence-corrected chi connectivity index (χ2v) is 4.59. The Bertz CT molecular complexity index is 524. The van der Waals surface area contributed by atoms with Gasteiger partial charge in [-0.3, -0.25) is 0 Å². The van der Waals surface area contributed by atoms with Gasteiger partial charge in [0.25, 0.3) is 0 Å². The third-order valence-corrected chi connectivity index (χ3v) is 3.21. The largest absolute Gasteiger partial charge is 0.321 e. The van der Waals surface area contributed by atoms with E-state index >= 15 is 0 Å². The summed E-state index contributed by atoms with van der Waals surface area (Å²) in [5.41, 5.74) is 6.48. The molecule has 0 saturated heterocycles. The first-order valence-corrected chi connectivity index (χ1v) is 5.95. The molecule has 0 aliphatic carbocycles. The van der Waals surface area contributed by atoms with Crippen molar-refractivity contribution in [3.8, 4) is 0 Å². The van der Waals surface area contributed by atoms with Crippen LogP contribution >= 0.6 is 15.9 Å². The van der Waals surface area contributed by atoms with Gasteiger partial charge in [-0.05, 0) is 34.5 Å². The van der Waals surface area contributed by atoms with Crippen molar-refractivity contribution in [2.24, 2.45) is 5.73 Å². The van der Waals surface area contributed by atoms with Crippen LogP contribution in [0.25, 0.3) is 0 Å². The Morgan fingerprint density at radius 3 is 2.94 bits per heavy atom. The highest BCUT2D eigenvalue weighted by Crippen LogP contribution is 2.21. The van der Waals surface area contributed by atoms with Crippen molar-refractivity contribution in [1.82, 2.24) is 14.8 Å². The summed E-state index contributed by atoms with van der Waals surface area (Å²) in [7, 11) is 0. The van der Waals surface area contributed by atoms with E-state index in [2.05, 4.69) is 26.0 Å². The van der Waals surface area contributed by atoms with Crippen LogP contribution in [-0.4, -0.2) is 14.8 Å². The zero-order valence-corrected chi connectivity index (χ0v) is 10.9. The van der Waals surface area contributed by atoms with Crippen LogP contribution in [0.1, 0.15) is 24.4 Å². The van der Waals surface area contributed by atoms with Crippen molar-refractivity contribution < 1.29 is 4.39 Å². The van der Waals surface area contributed by atoms with Crippen LogP contribution in [0.4, 0.5) is 4.39 Å². The maximum Gasteiger partial charge on any atom is 0.166 e. The Labute approximate surface area is 107 Å². The van der Waals surface area contributed by atoms with Crippen LogP contribution < -0.4 is 5.73 Å². The molecule has 0 amide bonds. The summed E-state index contributed by atoms with van der Waals surface area (Å²) in [4.78, 5) is 4.08. The molecule has 6 heteroatoms. The summed E-state index contributed by atoms with van der Waals surface area (Å²) >= 11 is 3.21. The highest BCUT2D eigenvalue weighted by molar-refractivity contribution is 9.10. The summed E-state index contributed by atoms with van der Waals surface area (Å²) < 4.78 is 15.4. The molecule has 2 rings (SSSR count). The first-order chi connectivity index (χ1) is 8.08. The fourth-order valence-electron chi connectivity index (χ4n) is 1.44. The van der Waals surface area contributed by atoms with Gasteiger partial charge in [0.15, 0.2) is 5.82 Å². The van der Waals surface area contributed by atoms with Gasteiger partial charge in [-0.25, -0.2) is 14.1 Å². The summed E-state index contributed by atoms with van der Waals surface area (Å²) in [6.45, 7) is 2.27. The normalized spacial score (nSPS) is 12.7. The van der Waals surface area contributed by atoms with Crippen molar-refractivity contribution in [1.29, 1.82) is 0 Å². The maximum atomic E-state index is 13.3. The molecule has 1 heterocycles. The average Bonchev–Trinajstić information content (AvgIpc) is 2.73. The predicted molar refractivity (Wildman–Crippen MR) is 65.8 cm³/mol. The van der Waals surface area contributed by atoms with Gasteiger partial charge in [-0.2, -0.15) is 5.10 Å². The Hall–Kier alpha value is -1.27. The molecule has 2 aromatic rings. The molecule has 1 aromatic heterocycles. The average molecular weight is 299 g/mol. The Balaban J connectivity index is 2.22. The van der Waals surface area contributed by atoms with Crippen molar-refractivity contribution in [3.63, 3.8) is 0 Å². The molecule has 0 radical (unpaired) electrons. The molecular weight excluding hydrogens is 287 g/mol. The van der Waals surface area contributed by atoms with Gasteiger partial charge >= 0.3 is 0 Å². The molecule has 1 atom stereocenters. The van der Waals surface area contributed by atoms with E-state index in [1.165, 1.54) is 6.07 Å². The lowest BCUT2D eigenvalue weighted by Crippen LogP contribution is -2.09. The Kier molecular flexibility index (Phi) is 3.54. The van der Waals surface area contributed by atoms with E-state index < -0.39 is 0 Å². The second kappa shape index (κ2) is 4.93. The number of hydrogen-bond donors (Lipinski definition) is 1. The van der Waals surface area contributed by atoms with Gasteiger partial charge in [-0.1, -0.05) is 12.1 Å². The Morgan fingerprint density at radius 1 is 1.53 bits per heavy atom. The van der Waals surface area contributed by atoms with Crippen LogP contribution in [0.3, 0.4) is 0 Å². The van der Waals surface area contributed by atoms with E-state index in [4.69, 9.17) is 5.73 Å². The minimum Gasteiger partial charge on any atom is -0.321 e. The SMILES string of the molecule is CC(N)c1ncn(Cc2cccc(F)c2Br)n1. The van der Waals surface area contributed by atoms with Crippen molar-refractivity contribution in [2.45, 2.75) is 19.5 Å². The van der Waals surface area contributed by atoms with E-state index in [9.17, 15) is 4.39 Å². The van der Waals surface area contributed by atoms with Gasteiger partial charge in [0.2, 0.25) is 0 Å². The number of nitrogens with zero attached hydrogens (tertiary/aromatic N) is 3. The minimum atomic E-state index is -0.282. The molecule has 90 valence electrons. The van der Waals surface area contributed by atoms with Gasteiger partial charge in [-0.15, -0.1) is 0 Å². The van der Waals surface area contributed by atoms with Gasteiger partial charge in [0.1, 0.15) is 12.1 Å². The summed E-state index contributed by atoms with van der Waals surface area (Å²) in [5, 5.41) is 4.21. The zero-order valence-electron chi connectivity index (χ0n) is 9.27. The molecule has 0 spiro atoms. The molecule has 0 bridgehead atoms. The minimum absolute atomic E-state index is 0.202. The molecule has 0 saturated carbocycles. The van der Waals surface area contributed by atoms with Gasteiger partial charge in [0, 0.05) is 0 Å². The van der Waals surface area contributed by atoms with Gasteiger partial charge < -0.3 is 5.73 Å². The van der Waals surface area contributed by atoms with Crippen LogP contribution in [0.2, 0.25) is 0 Å². The number of rotatable bonds is 3. The zero-order chi connectivity index (χ0) is 12.4. The predicted octanol–water partition coefficient (Wildman–Crippen LogP) is 2.25. The number of aromatic nitrogens is 3. The molecular formula is C11H12BrFN4. The van der Waals surface area contributed by atoms with Crippen molar-refractivity contribution in [3.05, 3.63) is 46.2 Å². The van der Waals surface area contributed by atoms with E-state index in [0.29, 0.717) is 16.8 Å². The lowest BCUT2D eigenvalue weighted by Gasteiger charge is -2.05. The second-order valence-electron chi connectivity index (χ2n) is 3.80. The van der Waals surface area contributed by atoms with Crippen LogP contribution in [0, 0.1) is 5.82 Å². The summed E-state index contributed by atoms with van der Waals surface area (Å²) in [6, 6.07) is 4.70. The molecule has 0 fully saturated rings. The Morgan fingerprint density at radius 2 is 2.29 bits per heavy atom. The van der Waals surface area contributed by atoms with Crippen LogP contribution in [0.5, 0.6) is 0 Å². The standard InChI is InChI=1S/C11H12BrFN4/c1-7(14)11-15-6-17(16-11)5-8-3-2-4-9(13)10(8)12/h2-4,6-7H,5,14H2,1H3. The number of benzene rings is 1. The van der Waals surface area contributed by atoms with E-state index in [1.54, 1.807) is 17.1 Å². The van der Waals surface area contributed by atoms with Crippen molar-refractivity contribution in [2.75, 3.05) is 0 Å². The monoisotopic (exact) mass is 298 g/mol. The highest BCUT2D eigenvalue weighted by atomic mass is 79.9. The molecule has 4 nitrogen and oxygen atoms in total. The molecule has 2 N–H and O–H groups in total. The van der Waals surface area contributed by atoms with Crippen molar-refractivity contribution >= 4 is 15.9 Å². The summed E-state index contributed by atoms with van der Waals surface area (Å²) in [6.07, 6.45) is 1.59. The molecule has 1 aromatic carbocycles. The number of nitrogens with two attached hydrogens (primary N) is 1. The quantitative estimate of drug-likeness (QED) is 0.945. The molecule has 1 unspecified atom stereocenters. The molecule has 0 aliphatic rings. The summed E-state index contributed by atoms with van der Waals surface area (Å²) in [5.74, 6) is 0.299. The third kappa shape index (κ3) is 2.70. The van der Waals surface area contributed by atoms with E-state index in [-0.39, 0.29) is 11.9 Å². The lowest BCUT2D eigenvalue weighted by molar-refractivity contribution is 0.607. The first kappa shape index (κ1) is 12.2. The maximum absolute atomic E-state index is 13.3. The fourth-order valence-corrected chi connectivity index (χ4v) is 1.83. The van der Waals surface area contributed by atoms with Gasteiger partial charge in [0.05, 0.1) is 17.1 Å². The topological polar surface area (TPSA) is 56.7 Å². The van der Waals surface area contributed by atoms with Crippen LogP contribution in [-0.2, 0) is 6.54 Å². The third-order valence-electron chi connectivity index (χ3n) is 2.33. The lowest BCUT2D eigenvalue weighted by atomic mass is 10.2. The molecule has 17 heavy (non-hydrogen) atoms. The highest BCUT2D eigenvalue weighted by Gasteiger charge is 2.09. The number of halogens is 2. The van der Waals surface area contributed by atoms with E-state index in [0.717, 1.165) is 5.56 Å². The fraction of sp³-hybridized carbons (Fsp3) is 0.273.